The van der Waals surface area contributed by atoms with Crippen LogP contribution in [-0.4, -0.2) is 47.8 Å². The summed E-state index contributed by atoms with van der Waals surface area (Å²) in [5.74, 6) is -0.630. The van der Waals surface area contributed by atoms with Crippen LogP contribution in [0.4, 0.5) is 0 Å². The first kappa shape index (κ1) is 33.2. The fourth-order valence-corrected chi connectivity index (χ4v) is 2.97. The van der Waals surface area contributed by atoms with Gasteiger partial charge in [0.2, 0.25) is 11.6 Å². The molecular weight excluding hydrogens is 474 g/mol. The molecule has 0 aromatic rings. The van der Waals surface area contributed by atoms with Crippen molar-refractivity contribution < 1.29 is 46.6 Å². The summed E-state index contributed by atoms with van der Waals surface area (Å²) in [7, 11) is -7.74. The summed E-state index contributed by atoms with van der Waals surface area (Å²) in [5.41, 5.74) is 0.609. The molecule has 0 aliphatic heterocycles. The van der Waals surface area contributed by atoms with E-state index in [1.54, 1.807) is 12.2 Å². The Labute approximate surface area is 194 Å². The Balaban J connectivity index is 0. The van der Waals surface area contributed by atoms with Gasteiger partial charge in [-0.25, -0.2) is 9.13 Å². The molecule has 0 aromatic heterocycles. The van der Waals surface area contributed by atoms with Crippen molar-refractivity contribution in [3.05, 3.63) is 74.4 Å². The Morgan fingerprint density at radius 3 is 1.39 bits per heavy atom. The monoisotopic (exact) mass is 506 g/mol. The van der Waals surface area contributed by atoms with Crippen LogP contribution in [0, 0.1) is 5.92 Å². The lowest BCUT2D eigenvalue weighted by Gasteiger charge is -2.09. The second-order valence-corrected chi connectivity index (χ2v) is 9.01. The molecule has 1 rings (SSSR count). The van der Waals surface area contributed by atoms with E-state index in [4.69, 9.17) is 9.79 Å². The first-order chi connectivity index (χ1) is 15.4. The van der Waals surface area contributed by atoms with Gasteiger partial charge in [-0.1, -0.05) is 50.3 Å². The van der Waals surface area contributed by atoms with Crippen LogP contribution < -0.4 is 0 Å². The number of phosphoric acid groups is 2. The van der Waals surface area contributed by atoms with E-state index in [-0.39, 0.29) is 38.1 Å². The average molecular weight is 506 g/mol. The van der Waals surface area contributed by atoms with E-state index in [1.165, 1.54) is 30.4 Å². The molecular formula is C21H32O10P2. The molecule has 1 aliphatic rings. The number of ketones is 2. The molecule has 0 saturated heterocycles. The van der Waals surface area contributed by atoms with Crippen LogP contribution in [0.15, 0.2) is 74.4 Å². The van der Waals surface area contributed by atoms with Gasteiger partial charge in [0.25, 0.3) is 0 Å². The lowest BCUT2D eigenvalue weighted by atomic mass is 9.93. The van der Waals surface area contributed by atoms with E-state index >= 15 is 0 Å². The van der Waals surface area contributed by atoms with Gasteiger partial charge in [0, 0.05) is 5.57 Å². The van der Waals surface area contributed by atoms with Gasteiger partial charge in [-0.2, -0.15) is 0 Å². The van der Waals surface area contributed by atoms with Crippen molar-refractivity contribution in [2.75, 3.05) is 26.4 Å². The Morgan fingerprint density at radius 1 is 0.818 bits per heavy atom. The summed E-state index contributed by atoms with van der Waals surface area (Å²) in [6.45, 7) is 17.0. The van der Waals surface area contributed by atoms with Gasteiger partial charge in [-0.3, -0.25) is 27.7 Å². The van der Waals surface area contributed by atoms with E-state index in [1.807, 2.05) is 13.8 Å². The number of hydrogen-bond donors (Lipinski definition) is 2. The molecule has 0 spiro atoms. The van der Waals surface area contributed by atoms with Gasteiger partial charge in [0.15, 0.2) is 0 Å². The Morgan fingerprint density at radius 2 is 1.15 bits per heavy atom. The number of phosphoric ester groups is 2. The zero-order valence-corrected chi connectivity index (χ0v) is 20.6. The second kappa shape index (κ2) is 18.4. The minimum Gasteiger partial charge on any atom is -0.302 e. The molecule has 12 heteroatoms. The maximum absolute atomic E-state index is 11.1. The molecule has 0 heterocycles. The Hall–Kier alpha value is -2.00. The maximum atomic E-state index is 11.1. The van der Waals surface area contributed by atoms with Crippen LogP contribution >= 0.6 is 15.6 Å². The van der Waals surface area contributed by atoms with Crippen molar-refractivity contribution >= 4 is 27.2 Å². The molecule has 0 amide bonds. The molecule has 186 valence electrons. The van der Waals surface area contributed by atoms with Crippen LogP contribution in [0.5, 0.6) is 0 Å². The molecule has 2 N–H and O–H groups in total. The highest BCUT2D eigenvalue weighted by atomic mass is 31.2. The number of rotatable bonds is 13. The Bertz CT molecular complexity index is 755. The largest absolute Gasteiger partial charge is 0.472 e. The van der Waals surface area contributed by atoms with Gasteiger partial charge in [-0.15, -0.1) is 26.3 Å². The Kier molecular flexibility index (Phi) is 18.5. The molecule has 0 radical (unpaired) electrons. The van der Waals surface area contributed by atoms with E-state index in [9.17, 15) is 18.7 Å². The molecule has 0 aromatic carbocycles. The predicted octanol–water partition coefficient (Wildman–Crippen LogP) is 4.26. The normalized spacial score (nSPS) is 13.2. The van der Waals surface area contributed by atoms with Gasteiger partial charge >= 0.3 is 15.6 Å². The number of hydrogen-bond acceptors (Lipinski definition) is 8. The van der Waals surface area contributed by atoms with Crippen molar-refractivity contribution in [2.45, 2.75) is 13.8 Å². The van der Waals surface area contributed by atoms with Crippen molar-refractivity contribution in [2.24, 2.45) is 5.92 Å². The van der Waals surface area contributed by atoms with Crippen LogP contribution in [0.1, 0.15) is 13.8 Å². The van der Waals surface area contributed by atoms with Crippen LogP contribution in [0.2, 0.25) is 0 Å². The number of carbonyl (C=O) groups is 2. The maximum Gasteiger partial charge on any atom is 0.472 e. The van der Waals surface area contributed by atoms with Gasteiger partial charge in [0.05, 0.1) is 26.4 Å². The molecule has 0 bridgehead atoms. The fraction of sp³-hybridized carbons (Fsp3) is 0.333. The zero-order valence-electron chi connectivity index (χ0n) is 18.8. The van der Waals surface area contributed by atoms with Crippen LogP contribution in [0.25, 0.3) is 0 Å². The summed E-state index contributed by atoms with van der Waals surface area (Å²) in [5, 5.41) is 0. The van der Waals surface area contributed by atoms with Crippen molar-refractivity contribution in [1.29, 1.82) is 0 Å². The average Bonchev–Trinajstić information content (AvgIpc) is 2.76. The van der Waals surface area contributed by atoms with E-state index in [2.05, 4.69) is 44.4 Å². The predicted molar refractivity (Wildman–Crippen MR) is 126 cm³/mol. The van der Waals surface area contributed by atoms with E-state index < -0.39 is 21.4 Å². The molecule has 0 fully saturated rings. The quantitative estimate of drug-likeness (QED) is 0.161. The minimum absolute atomic E-state index is 0.00901. The molecule has 33 heavy (non-hydrogen) atoms. The van der Waals surface area contributed by atoms with E-state index in [0.717, 1.165) is 0 Å². The van der Waals surface area contributed by atoms with Gasteiger partial charge in [0.1, 0.15) is 0 Å². The highest BCUT2D eigenvalue weighted by Crippen LogP contribution is 2.43. The van der Waals surface area contributed by atoms with Crippen molar-refractivity contribution in [3.63, 3.8) is 0 Å². The molecule has 0 atom stereocenters. The van der Waals surface area contributed by atoms with E-state index in [0.29, 0.717) is 5.57 Å². The van der Waals surface area contributed by atoms with Crippen molar-refractivity contribution in [1.82, 2.24) is 0 Å². The summed E-state index contributed by atoms with van der Waals surface area (Å²) >= 11 is 0. The molecule has 10 nitrogen and oxygen atoms in total. The minimum atomic E-state index is -3.87. The first-order valence-electron chi connectivity index (χ1n) is 9.51. The van der Waals surface area contributed by atoms with Crippen LogP contribution in [-0.2, 0) is 36.8 Å². The summed E-state index contributed by atoms with van der Waals surface area (Å²) in [6.07, 6.45) is 10.1. The molecule has 1 aliphatic carbocycles. The summed E-state index contributed by atoms with van der Waals surface area (Å²) < 4.78 is 39.1. The number of carbonyl (C=O) groups excluding carboxylic acids is 2. The third-order valence-electron chi connectivity index (χ3n) is 3.05. The number of allylic oxidation sites excluding steroid dienone is 4. The summed E-state index contributed by atoms with van der Waals surface area (Å²) in [4.78, 5) is 39.5. The topological polar surface area (TPSA) is 146 Å². The standard InChI is InChI=1S/C9H10O2.2C6H11O4P/c1-6(2)7-4-3-5-8(10)9(7)11;2*1-3-5-9-11(7,8)10-6-4-2/h3-6H,1-2H3;2*3-4H,1-2,5-6H2,(H,7,8). The molecule has 0 saturated carbocycles. The fourth-order valence-electron chi connectivity index (χ4n) is 1.65. The lowest BCUT2D eigenvalue weighted by molar-refractivity contribution is -0.131. The second-order valence-electron chi connectivity index (χ2n) is 6.10. The summed E-state index contributed by atoms with van der Waals surface area (Å²) in [6, 6.07) is 0. The smallest absolute Gasteiger partial charge is 0.302 e. The van der Waals surface area contributed by atoms with Crippen molar-refractivity contribution in [3.8, 4) is 0 Å². The van der Waals surface area contributed by atoms with Gasteiger partial charge < -0.3 is 9.79 Å². The van der Waals surface area contributed by atoms with Gasteiger partial charge in [-0.05, 0) is 12.0 Å². The molecule has 0 unspecified atom stereocenters. The first-order valence-corrected chi connectivity index (χ1v) is 12.5. The van der Waals surface area contributed by atoms with Crippen LogP contribution in [0.3, 0.4) is 0 Å². The third kappa shape index (κ3) is 18.1. The SMILES string of the molecule is C=CCOP(=O)(O)OCC=C.C=CCOP(=O)(O)OCC=C.CC(C)C1=CC=CC(=O)C1=O. The lowest BCUT2D eigenvalue weighted by Crippen LogP contribution is -2.19. The highest BCUT2D eigenvalue weighted by Gasteiger charge is 2.21. The highest BCUT2D eigenvalue weighted by molar-refractivity contribution is 7.47. The zero-order chi connectivity index (χ0) is 25.9. The number of Topliss-reactive ketones (excluding diaryl/α,β-unsaturated/α-hetero) is 1. The third-order valence-corrected chi connectivity index (χ3v) is 4.95.